The van der Waals surface area contributed by atoms with E-state index in [0.29, 0.717) is 6.42 Å². The number of ketones is 1. The predicted molar refractivity (Wildman–Crippen MR) is 241 cm³/mol. The average molecular weight is 1050 g/mol. The van der Waals surface area contributed by atoms with Crippen molar-refractivity contribution in [2.75, 3.05) is 66.0 Å². The Morgan fingerprint density at radius 1 is 0.915 bits per heavy atom. The summed E-state index contributed by atoms with van der Waals surface area (Å²) in [5, 5.41) is 107. The van der Waals surface area contributed by atoms with Gasteiger partial charge in [0.05, 0.1) is 68.7 Å². The number of carboxylic acid groups (broad SMARTS) is 1. The Balaban J connectivity index is 0.000000432. The second-order valence-corrected chi connectivity index (χ2v) is 18.7. The van der Waals surface area contributed by atoms with Crippen LogP contribution in [0.1, 0.15) is 59.3 Å². The average Bonchev–Trinajstić information content (AvgIpc) is 3.62. The number of hydrogen-bond acceptors (Lipinski definition) is 23. The lowest BCUT2D eigenvalue weighted by molar-refractivity contribution is -0.323. The van der Waals surface area contributed by atoms with E-state index in [2.05, 4.69) is 16.0 Å². The Morgan fingerprint density at radius 3 is 2.14 bits per heavy atom. The largest absolute Gasteiger partial charge is 0.477 e. The van der Waals surface area contributed by atoms with E-state index in [0.717, 1.165) is 12.0 Å². The van der Waals surface area contributed by atoms with E-state index in [1.54, 1.807) is 20.1 Å². The zero-order valence-corrected chi connectivity index (χ0v) is 41.1. The fraction of sp³-hybridized carbons (Fsp3) is 0.837. The van der Waals surface area contributed by atoms with Gasteiger partial charge in [0.1, 0.15) is 42.7 Å². The number of Topliss-reactive ketones (excluding diaryl/α,β-unsaturated/α-hetero) is 1. The number of nitrogens with one attached hydrogen (secondary N) is 3. The minimum Gasteiger partial charge on any atom is -0.477 e. The van der Waals surface area contributed by atoms with E-state index in [9.17, 15) is 84.6 Å². The number of rotatable bonds is 25. The third kappa shape index (κ3) is 17.0. The van der Waals surface area contributed by atoms with Crippen molar-refractivity contribution in [1.82, 2.24) is 20.9 Å². The molecule has 0 radical (unpaired) electrons. The molecule has 408 valence electrons. The number of nitrogens with zero attached hydrogens (tertiary/aromatic N) is 1. The highest BCUT2D eigenvalue weighted by molar-refractivity contribution is 8.00. The number of carbonyl (C=O) groups is 7. The molecule has 5 amide bonds. The number of imide groups is 1. The number of carboxylic acids is 1. The minimum absolute atomic E-state index is 0.00677. The first-order valence-electron chi connectivity index (χ1n) is 23.1. The van der Waals surface area contributed by atoms with Crippen molar-refractivity contribution in [2.45, 2.75) is 150 Å². The zero-order chi connectivity index (χ0) is 53.3. The molecule has 4 saturated heterocycles. The van der Waals surface area contributed by atoms with Crippen LogP contribution in [0.3, 0.4) is 0 Å². The highest BCUT2D eigenvalue weighted by Gasteiger charge is 2.55. The Labute approximate surface area is 413 Å². The molecule has 4 aliphatic rings. The Morgan fingerprint density at radius 2 is 1.56 bits per heavy atom. The summed E-state index contributed by atoms with van der Waals surface area (Å²) in [6, 6.07) is -0.754. The lowest BCUT2D eigenvalue weighted by atomic mass is 9.80. The molecule has 0 bridgehead atoms. The van der Waals surface area contributed by atoms with Gasteiger partial charge in [-0.1, -0.05) is 6.92 Å². The van der Waals surface area contributed by atoms with Crippen LogP contribution in [0.5, 0.6) is 0 Å². The molecule has 17 atom stereocenters. The zero-order valence-electron chi connectivity index (χ0n) is 40.3. The second-order valence-electron chi connectivity index (χ2n) is 17.6. The van der Waals surface area contributed by atoms with Gasteiger partial charge in [0.25, 0.3) is 5.79 Å². The van der Waals surface area contributed by atoms with Crippen LogP contribution in [0.4, 0.5) is 0 Å². The van der Waals surface area contributed by atoms with Gasteiger partial charge in [0, 0.05) is 77.7 Å². The van der Waals surface area contributed by atoms with Crippen molar-refractivity contribution in [3.05, 3.63) is 0 Å². The molecule has 4 rings (SSSR count). The molecule has 0 spiro atoms. The molecule has 0 aromatic rings. The normalized spacial score (nSPS) is 33.9. The molecule has 0 aromatic carbocycles. The molecule has 4 aliphatic heterocycles. The molecule has 10 unspecified atom stereocenters. The van der Waals surface area contributed by atoms with E-state index < -0.39 is 159 Å². The maximum absolute atomic E-state index is 12.6. The third-order valence-electron chi connectivity index (χ3n) is 12.6. The van der Waals surface area contributed by atoms with Gasteiger partial charge in [-0.2, -0.15) is 11.8 Å². The van der Waals surface area contributed by atoms with E-state index in [-0.39, 0.29) is 69.2 Å². The maximum Gasteiger partial charge on any atom is 0.364 e. The number of thioether (sulfide) groups is 1. The quantitative estimate of drug-likeness (QED) is 0.0299. The standard InChI is InChI=1S/C27H43N3O14S.C16H29NO9/c1-42-27(26(40)41)12-17(33)16(24(44-27)23(38)18(34)14-31)10-15(32)13-29-21(36)5-9-43-8-3-6-28-20(35)4-7-30-22(37)11-19(45-2)25(30)39;1-6-12(21)9(4-18)25-16(13(6)22)26-15-11(17-8(3)20)7(2)24-10(5-19)14(15)23/h16-19,23-24,31,33-34,38H,3-14H2,1-2H3,(H,28,35)(H,29,36)(H,40,41);6-7,9-16,18-19,21-23H,4-5H2,1-3H3,(H,17,20)/t16?,17?,18-,19?,23?,24?,27?;6-,7?,9?,10?,11+,12+,13-,14-,15+,16?/m10/s1. The molecule has 0 saturated carbocycles. The smallest absolute Gasteiger partial charge is 0.364 e. The van der Waals surface area contributed by atoms with Crippen molar-refractivity contribution in [2.24, 2.45) is 11.8 Å². The second kappa shape index (κ2) is 29.4. The molecular weight excluding hydrogens is 973 g/mol. The molecular formula is C43H72N4O23S. The lowest BCUT2D eigenvalue weighted by Gasteiger charge is -2.47. The summed E-state index contributed by atoms with van der Waals surface area (Å²) in [7, 11) is 1.02. The fourth-order valence-corrected chi connectivity index (χ4v) is 8.98. The number of aliphatic carboxylic acids is 1. The summed E-state index contributed by atoms with van der Waals surface area (Å²) in [6.07, 6.45) is -13.9. The van der Waals surface area contributed by atoms with Crippen molar-refractivity contribution < 1.29 is 113 Å². The van der Waals surface area contributed by atoms with Gasteiger partial charge in [-0.25, -0.2) is 4.79 Å². The van der Waals surface area contributed by atoms with Crippen LogP contribution in [0, 0.1) is 11.8 Å². The molecule has 4 fully saturated rings. The number of aliphatic hydroxyl groups excluding tert-OH is 9. The number of amides is 5. The van der Waals surface area contributed by atoms with Crippen LogP contribution in [-0.4, -0.2) is 254 Å². The van der Waals surface area contributed by atoms with Gasteiger partial charge < -0.3 is 95.4 Å². The Bertz CT molecular complexity index is 1770. The van der Waals surface area contributed by atoms with E-state index in [1.807, 2.05) is 0 Å². The topological polar surface area (TPSA) is 416 Å². The molecule has 0 aliphatic carbocycles. The summed E-state index contributed by atoms with van der Waals surface area (Å²) in [5.41, 5.74) is 0. The summed E-state index contributed by atoms with van der Waals surface area (Å²) in [4.78, 5) is 85.1. The van der Waals surface area contributed by atoms with Crippen molar-refractivity contribution in [3.8, 4) is 0 Å². The van der Waals surface area contributed by atoms with Crippen molar-refractivity contribution in [3.63, 3.8) is 0 Å². The Hall–Kier alpha value is -3.56. The molecule has 4 heterocycles. The molecule has 28 heteroatoms. The number of aliphatic hydroxyl groups is 9. The lowest BCUT2D eigenvalue weighted by Crippen LogP contribution is -2.66. The number of ether oxygens (including phenoxy) is 6. The summed E-state index contributed by atoms with van der Waals surface area (Å²) < 4.78 is 32.4. The first kappa shape index (κ1) is 61.7. The van der Waals surface area contributed by atoms with Crippen molar-refractivity contribution in [1.29, 1.82) is 0 Å². The molecule has 27 nitrogen and oxygen atoms in total. The highest BCUT2D eigenvalue weighted by atomic mass is 32.2. The van der Waals surface area contributed by atoms with Crippen LogP contribution in [0.25, 0.3) is 0 Å². The number of carbonyl (C=O) groups excluding carboxylic acids is 6. The van der Waals surface area contributed by atoms with Crippen LogP contribution < -0.4 is 16.0 Å². The molecule has 0 aromatic heterocycles. The van der Waals surface area contributed by atoms with E-state index in [4.69, 9.17) is 28.4 Å². The van der Waals surface area contributed by atoms with Gasteiger partial charge in [-0.15, -0.1) is 0 Å². The van der Waals surface area contributed by atoms with E-state index in [1.165, 1.54) is 18.7 Å². The minimum atomic E-state index is -2.35. The van der Waals surface area contributed by atoms with Gasteiger partial charge in [0.2, 0.25) is 29.5 Å². The summed E-state index contributed by atoms with van der Waals surface area (Å²) in [5.74, 6) is -8.11. The summed E-state index contributed by atoms with van der Waals surface area (Å²) in [6.45, 7) is 2.84. The van der Waals surface area contributed by atoms with Gasteiger partial charge in [-0.3, -0.25) is 33.7 Å². The van der Waals surface area contributed by atoms with Crippen LogP contribution in [0.2, 0.25) is 0 Å². The predicted octanol–water partition coefficient (Wildman–Crippen LogP) is -6.15. The Kier molecular flexibility index (Phi) is 25.5. The third-order valence-corrected chi connectivity index (χ3v) is 13.5. The van der Waals surface area contributed by atoms with Crippen molar-refractivity contribution >= 4 is 53.1 Å². The number of likely N-dealkylation sites (tertiary alicyclic amines) is 1. The first-order chi connectivity index (χ1) is 33.5. The monoisotopic (exact) mass is 1040 g/mol. The van der Waals surface area contributed by atoms with Gasteiger partial charge >= 0.3 is 5.97 Å². The maximum atomic E-state index is 12.6. The SMILES string of the molecule is CC(=O)N[C@@H]1C(C)OC(CO)[C@H](O)[C@@H]1OC1OC(CO)[C@H](O)[C@H](C)[C@@H]1O.COC1(C(=O)O)CC(O)C(CC(=O)CNC(=O)CCOCCCNC(=O)CCN2C(=O)CC(SC)C2=O)C(C(O)[C@H](O)CO)O1. The molecule has 71 heavy (non-hydrogen) atoms. The van der Waals surface area contributed by atoms with Crippen LogP contribution >= 0.6 is 11.8 Å². The summed E-state index contributed by atoms with van der Waals surface area (Å²) >= 11 is 1.30. The highest BCUT2D eigenvalue weighted by Crippen LogP contribution is 2.38. The fourth-order valence-electron chi connectivity index (χ4n) is 8.35. The van der Waals surface area contributed by atoms with Gasteiger partial charge in [0.15, 0.2) is 12.1 Å². The van der Waals surface area contributed by atoms with Crippen LogP contribution in [-0.2, 0) is 62.0 Å². The van der Waals surface area contributed by atoms with Gasteiger partial charge in [-0.05, 0) is 19.6 Å². The molecule has 13 N–H and O–H groups in total. The number of hydrogen-bond donors (Lipinski definition) is 13. The van der Waals surface area contributed by atoms with E-state index >= 15 is 0 Å². The number of methoxy groups -OCH3 is 1. The van der Waals surface area contributed by atoms with Crippen LogP contribution in [0.15, 0.2) is 0 Å². The first-order valence-corrected chi connectivity index (χ1v) is 24.4.